The van der Waals surface area contributed by atoms with E-state index in [0.717, 1.165) is 12.8 Å². The first-order chi connectivity index (χ1) is 10.5. The summed E-state index contributed by atoms with van der Waals surface area (Å²) in [7, 11) is 0. The Labute approximate surface area is 139 Å². The summed E-state index contributed by atoms with van der Waals surface area (Å²) in [5.74, 6) is -0.856. The van der Waals surface area contributed by atoms with Crippen LogP contribution in [-0.2, 0) is 19.1 Å². The van der Waals surface area contributed by atoms with Crippen molar-refractivity contribution in [3.8, 4) is 0 Å². The van der Waals surface area contributed by atoms with E-state index in [2.05, 4.69) is 0 Å². The van der Waals surface area contributed by atoms with Gasteiger partial charge in [0.25, 0.3) is 0 Å². The first-order valence-electron chi connectivity index (χ1n) is 8.45. The van der Waals surface area contributed by atoms with Gasteiger partial charge in [-0.3, -0.25) is 14.4 Å². The summed E-state index contributed by atoms with van der Waals surface area (Å²) >= 11 is 0. The molecule has 0 unspecified atom stereocenters. The van der Waals surface area contributed by atoms with Crippen LogP contribution in [0, 0.1) is 10.8 Å². The van der Waals surface area contributed by atoms with Crippen molar-refractivity contribution in [3.05, 3.63) is 0 Å². The maximum atomic E-state index is 12.1. The van der Waals surface area contributed by atoms with Gasteiger partial charge in [-0.15, -0.1) is 0 Å². The molecule has 23 heavy (non-hydrogen) atoms. The first-order valence-corrected chi connectivity index (χ1v) is 8.45. The van der Waals surface area contributed by atoms with Crippen LogP contribution in [0.2, 0.25) is 0 Å². The molecule has 0 atom stereocenters. The van der Waals surface area contributed by atoms with E-state index in [1.165, 1.54) is 0 Å². The molecule has 0 aromatic heterocycles. The van der Waals surface area contributed by atoms with Gasteiger partial charge in [-0.05, 0) is 51.9 Å². The molecular formula is C18H32O5. The SMILES string of the molecule is CCOC(=O)C(C)(C)C(C)(C)CCCC(=O)CCCCC(=O)O. The number of ketones is 1. The van der Waals surface area contributed by atoms with Gasteiger partial charge in [0.05, 0.1) is 12.0 Å². The highest BCUT2D eigenvalue weighted by Gasteiger charge is 2.43. The number of rotatable bonds is 12. The highest BCUT2D eigenvalue weighted by atomic mass is 16.5. The Hall–Kier alpha value is -1.39. The monoisotopic (exact) mass is 328 g/mol. The molecule has 0 aliphatic heterocycles. The number of carbonyl (C=O) groups excluding carboxylic acids is 2. The Morgan fingerprint density at radius 1 is 0.913 bits per heavy atom. The molecule has 0 saturated carbocycles. The summed E-state index contributed by atoms with van der Waals surface area (Å²) < 4.78 is 5.15. The van der Waals surface area contributed by atoms with Gasteiger partial charge in [-0.1, -0.05) is 13.8 Å². The minimum atomic E-state index is -0.819. The topological polar surface area (TPSA) is 80.7 Å². The second-order valence-electron chi connectivity index (χ2n) is 7.22. The zero-order valence-electron chi connectivity index (χ0n) is 15.2. The normalized spacial score (nSPS) is 12.0. The molecular weight excluding hydrogens is 296 g/mol. The third-order valence-corrected chi connectivity index (χ3v) is 4.83. The van der Waals surface area contributed by atoms with Crippen molar-refractivity contribution in [1.29, 1.82) is 0 Å². The molecule has 0 radical (unpaired) electrons. The summed E-state index contributed by atoms with van der Waals surface area (Å²) in [6.45, 7) is 10.00. The average Bonchev–Trinajstić information content (AvgIpc) is 2.43. The van der Waals surface area contributed by atoms with E-state index in [1.54, 1.807) is 6.92 Å². The molecule has 134 valence electrons. The lowest BCUT2D eigenvalue weighted by atomic mass is 9.65. The maximum Gasteiger partial charge on any atom is 0.312 e. The molecule has 0 aromatic carbocycles. The van der Waals surface area contributed by atoms with E-state index in [1.807, 2.05) is 27.7 Å². The number of Topliss-reactive ketones (excluding diaryl/α,β-unsaturated/α-hetero) is 1. The summed E-state index contributed by atoms with van der Waals surface area (Å²) in [6, 6.07) is 0. The smallest absolute Gasteiger partial charge is 0.312 e. The van der Waals surface area contributed by atoms with Crippen LogP contribution in [-0.4, -0.2) is 29.4 Å². The fourth-order valence-corrected chi connectivity index (χ4v) is 2.35. The number of esters is 1. The number of carboxylic acids is 1. The molecule has 0 aliphatic carbocycles. The van der Waals surface area contributed by atoms with Gasteiger partial charge >= 0.3 is 11.9 Å². The number of ether oxygens (including phenoxy) is 1. The Balaban J connectivity index is 4.21. The van der Waals surface area contributed by atoms with Gasteiger partial charge in [0.15, 0.2) is 0 Å². The lowest BCUT2D eigenvalue weighted by Gasteiger charge is -2.39. The highest BCUT2D eigenvalue weighted by Crippen LogP contribution is 2.43. The van der Waals surface area contributed by atoms with Crippen LogP contribution < -0.4 is 0 Å². The van der Waals surface area contributed by atoms with Gasteiger partial charge in [-0.25, -0.2) is 0 Å². The summed E-state index contributed by atoms with van der Waals surface area (Å²) in [4.78, 5) is 34.3. The van der Waals surface area contributed by atoms with Crippen LogP contribution in [0.5, 0.6) is 0 Å². The van der Waals surface area contributed by atoms with E-state index < -0.39 is 11.4 Å². The van der Waals surface area contributed by atoms with Crippen molar-refractivity contribution in [2.45, 2.75) is 79.6 Å². The van der Waals surface area contributed by atoms with Gasteiger partial charge in [0, 0.05) is 19.3 Å². The molecule has 0 fully saturated rings. The van der Waals surface area contributed by atoms with E-state index in [9.17, 15) is 14.4 Å². The molecule has 5 nitrogen and oxygen atoms in total. The van der Waals surface area contributed by atoms with Crippen LogP contribution in [0.25, 0.3) is 0 Å². The van der Waals surface area contributed by atoms with E-state index in [4.69, 9.17) is 9.84 Å². The van der Waals surface area contributed by atoms with Crippen molar-refractivity contribution >= 4 is 17.7 Å². The zero-order chi connectivity index (χ0) is 18.1. The molecule has 0 rings (SSSR count). The quantitative estimate of drug-likeness (QED) is 0.433. The van der Waals surface area contributed by atoms with Crippen LogP contribution in [0.15, 0.2) is 0 Å². The van der Waals surface area contributed by atoms with Gasteiger partial charge in [0.1, 0.15) is 5.78 Å². The number of hydrogen-bond donors (Lipinski definition) is 1. The molecule has 0 aliphatic rings. The third-order valence-electron chi connectivity index (χ3n) is 4.83. The largest absolute Gasteiger partial charge is 0.481 e. The summed E-state index contributed by atoms with van der Waals surface area (Å²) in [5.41, 5.74) is -0.865. The second-order valence-corrected chi connectivity index (χ2v) is 7.22. The van der Waals surface area contributed by atoms with E-state index in [0.29, 0.717) is 32.3 Å². The van der Waals surface area contributed by atoms with E-state index >= 15 is 0 Å². The number of aliphatic carboxylic acids is 1. The molecule has 0 saturated heterocycles. The van der Waals surface area contributed by atoms with Crippen molar-refractivity contribution in [2.24, 2.45) is 10.8 Å². The Morgan fingerprint density at radius 3 is 1.96 bits per heavy atom. The minimum Gasteiger partial charge on any atom is -0.481 e. The molecule has 0 spiro atoms. The standard InChI is InChI=1S/C18H32O5/c1-6-23-16(22)18(4,5)17(2,3)13-9-11-14(19)10-7-8-12-15(20)21/h6-13H2,1-5H3,(H,20,21). The molecule has 0 aromatic rings. The zero-order valence-corrected chi connectivity index (χ0v) is 15.2. The molecule has 0 bridgehead atoms. The molecule has 1 N–H and O–H groups in total. The Kier molecular flexibility index (Phi) is 9.10. The van der Waals surface area contributed by atoms with Gasteiger partial charge in [-0.2, -0.15) is 0 Å². The number of carbonyl (C=O) groups is 3. The fraction of sp³-hybridized carbons (Fsp3) is 0.833. The van der Waals surface area contributed by atoms with Gasteiger partial charge in [0.2, 0.25) is 0 Å². The first kappa shape index (κ1) is 21.6. The van der Waals surface area contributed by atoms with Crippen LogP contribution in [0.3, 0.4) is 0 Å². The highest BCUT2D eigenvalue weighted by molar-refractivity contribution is 5.78. The lowest BCUT2D eigenvalue weighted by Crippen LogP contribution is -2.41. The minimum absolute atomic E-state index is 0.119. The Morgan fingerprint density at radius 2 is 1.43 bits per heavy atom. The Bertz CT molecular complexity index is 410. The van der Waals surface area contributed by atoms with Crippen LogP contribution in [0.4, 0.5) is 0 Å². The summed E-state index contributed by atoms with van der Waals surface area (Å²) in [5, 5.41) is 8.55. The predicted molar refractivity (Wildman–Crippen MR) is 89.2 cm³/mol. The number of unbranched alkanes of at least 4 members (excludes halogenated alkanes) is 1. The van der Waals surface area contributed by atoms with Crippen molar-refractivity contribution in [1.82, 2.24) is 0 Å². The average molecular weight is 328 g/mol. The maximum absolute atomic E-state index is 12.1. The lowest BCUT2D eigenvalue weighted by molar-refractivity contribution is -0.160. The summed E-state index contributed by atoms with van der Waals surface area (Å²) in [6.07, 6.45) is 3.71. The van der Waals surface area contributed by atoms with Crippen molar-refractivity contribution in [3.63, 3.8) is 0 Å². The van der Waals surface area contributed by atoms with Gasteiger partial charge < -0.3 is 9.84 Å². The number of hydrogen-bond acceptors (Lipinski definition) is 4. The third kappa shape index (κ3) is 7.62. The second kappa shape index (κ2) is 9.68. The molecule has 5 heteroatoms. The van der Waals surface area contributed by atoms with Crippen molar-refractivity contribution in [2.75, 3.05) is 6.61 Å². The predicted octanol–water partition coefficient (Wildman–Crippen LogP) is 3.99. The van der Waals surface area contributed by atoms with Crippen molar-refractivity contribution < 1.29 is 24.2 Å². The van der Waals surface area contributed by atoms with Crippen LogP contribution >= 0.6 is 0 Å². The van der Waals surface area contributed by atoms with Crippen LogP contribution in [0.1, 0.15) is 79.6 Å². The molecule has 0 heterocycles. The molecule has 0 amide bonds. The number of carboxylic acid groups (broad SMARTS) is 1. The van der Waals surface area contributed by atoms with E-state index in [-0.39, 0.29) is 23.6 Å². The fourth-order valence-electron chi connectivity index (χ4n) is 2.35.